The number of hydrogen-bond acceptors (Lipinski definition) is 6. The van der Waals surface area contributed by atoms with Crippen LogP contribution in [0, 0.1) is 0 Å². The Hall–Kier alpha value is -2.90. The van der Waals surface area contributed by atoms with E-state index in [1.54, 1.807) is 60.7 Å². The minimum atomic E-state index is -4.27. The zero-order chi connectivity index (χ0) is 22.4. The van der Waals surface area contributed by atoms with Gasteiger partial charge in [0.1, 0.15) is 17.7 Å². The minimum Gasteiger partial charge on any atom is -0.415 e. The summed E-state index contributed by atoms with van der Waals surface area (Å²) in [6.45, 7) is -0.00473. The van der Waals surface area contributed by atoms with E-state index in [0.29, 0.717) is 0 Å². The number of rotatable bonds is 9. The molecule has 1 aliphatic heterocycles. The quantitative estimate of drug-likeness (QED) is 0.567. The van der Waals surface area contributed by atoms with Crippen molar-refractivity contribution in [2.45, 2.75) is 37.3 Å². The molecule has 1 heterocycles. The Morgan fingerprint density at radius 3 is 2.06 bits per heavy atom. The van der Waals surface area contributed by atoms with Gasteiger partial charge in [0.25, 0.3) is 0 Å². The molecule has 1 saturated heterocycles. The van der Waals surface area contributed by atoms with Gasteiger partial charge in [0.2, 0.25) is 11.8 Å². The first-order valence-electron chi connectivity index (χ1n) is 9.87. The van der Waals surface area contributed by atoms with Crippen molar-refractivity contribution < 1.29 is 27.6 Å². The molecule has 3 atom stereocenters. The van der Waals surface area contributed by atoms with Crippen LogP contribution in [-0.2, 0) is 14.2 Å². The van der Waals surface area contributed by atoms with Crippen molar-refractivity contribution >= 4 is 19.4 Å². The van der Waals surface area contributed by atoms with E-state index in [9.17, 15) is 14.2 Å². The second-order valence-corrected chi connectivity index (χ2v) is 9.18. The number of hydrogen-bond donors (Lipinski definition) is 2. The van der Waals surface area contributed by atoms with E-state index in [4.69, 9.17) is 20.5 Å². The summed E-state index contributed by atoms with van der Waals surface area (Å²) in [6, 6.07) is 15.3. The number of primary amides is 1. The summed E-state index contributed by atoms with van der Waals surface area (Å²) in [7, 11) is -4.27. The molecular weight excluding hydrogens is 424 g/mol. The largest absolute Gasteiger partial charge is 0.456 e. The average Bonchev–Trinajstić information content (AvgIpc) is 3.15. The van der Waals surface area contributed by atoms with Gasteiger partial charge in [-0.25, -0.2) is 8.96 Å². The normalized spacial score (nSPS) is 19.6. The first-order chi connectivity index (χ1) is 14.8. The third-order valence-electron chi connectivity index (χ3n) is 4.87. The molecule has 2 aromatic carbocycles. The van der Waals surface area contributed by atoms with Gasteiger partial charge in [-0.3, -0.25) is 9.59 Å². The van der Waals surface area contributed by atoms with Crippen LogP contribution in [0.2, 0.25) is 0 Å². The Labute approximate surface area is 179 Å². The fourth-order valence-electron chi connectivity index (χ4n) is 3.37. The van der Waals surface area contributed by atoms with E-state index in [1.165, 1.54) is 0 Å². The third kappa shape index (κ3) is 5.62. The Morgan fingerprint density at radius 1 is 1.06 bits per heavy atom. The van der Waals surface area contributed by atoms with Crippen LogP contribution in [-0.4, -0.2) is 41.3 Å². The van der Waals surface area contributed by atoms with E-state index < -0.39 is 37.4 Å². The lowest BCUT2D eigenvalue weighted by Crippen LogP contribution is -2.48. The highest BCUT2D eigenvalue weighted by atomic mass is 31.2. The lowest BCUT2D eigenvalue weighted by molar-refractivity contribution is -0.133. The highest BCUT2D eigenvalue weighted by molar-refractivity contribution is 7.55. The molecule has 3 rings (SSSR count). The Balaban J connectivity index is 1.92. The molecule has 4 N–H and O–H groups in total. The molecule has 0 saturated carbocycles. The molecule has 2 amide bonds. The van der Waals surface area contributed by atoms with Crippen LogP contribution in [0.3, 0.4) is 0 Å². The minimum absolute atomic E-state index is 0.00226. The number of benzene rings is 2. The van der Waals surface area contributed by atoms with Gasteiger partial charge in [-0.15, -0.1) is 0 Å². The van der Waals surface area contributed by atoms with Crippen LogP contribution in [0.15, 0.2) is 60.7 Å². The van der Waals surface area contributed by atoms with Gasteiger partial charge >= 0.3 is 7.60 Å². The van der Waals surface area contributed by atoms with Crippen molar-refractivity contribution in [2.24, 2.45) is 11.5 Å². The molecule has 0 bridgehead atoms. The van der Waals surface area contributed by atoms with Gasteiger partial charge in [0, 0.05) is 13.0 Å². The molecule has 1 aliphatic rings. The highest BCUT2D eigenvalue weighted by Crippen LogP contribution is 2.57. The third-order valence-corrected chi connectivity index (χ3v) is 7.05. The smallest absolute Gasteiger partial charge is 0.415 e. The number of halogens is 1. The number of carbonyl (C=O) groups is 2. The lowest BCUT2D eigenvalue weighted by atomic mass is 10.1. The van der Waals surface area contributed by atoms with Gasteiger partial charge in [-0.05, 0) is 37.1 Å². The number of amides is 2. The second-order valence-electron chi connectivity index (χ2n) is 7.21. The fourth-order valence-corrected chi connectivity index (χ4v) is 5.57. The van der Waals surface area contributed by atoms with Crippen LogP contribution in [0.1, 0.15) is 19.3 Å². The van der Waals surface area contributed by atoms with Crippen molar-refractivity contribution in [3.63, 3.8) is 0 Å². The monoisotopic (exact) mass is 449 g/mol. The van der Waals surface area contributed by atoms with Crippen LogP contribution in [0.4, 0.5) is 4.39 Å². The fraction of sp³-hybridized carbons (Fsp3) is 0.333. The van der Waals surface area contributed by atoms with Crippen LogP contribution < -0.4 is 20.5 Å². The molecule has 0 aromatic heterocycles. The molecule has 0 spiro atoms. The summed E-state index contributed by atoms with van der Waals surface area (Å²) in [5, 5.41) is 0. The number of alkyl halides is 1. The van der Waals surface area contributed by atoms with E-state index in [1.807, 2.05) is 0 Å². The average molecular weight is 449 g/mol. The SMILES string of the molecule is NC(=O)CCC(N)C(=O)N1CC[C@@H](F)[C@@H]1P(=O)(Oc1ccccc1)Oc1ccccc1. The van der Waals surface area contributed by atoms with Gasteiger partial charge in [0.15, 0.2) is 5.78 Å². The zero-order valence-corrected chi connectivity index (χ0v) is 17.7. The number of nitrogens with zero attached hydrogens (tertiary/aromatic N) is 1. The van der Waals surface area contributed by atoms with E-state index in [-0.39, 0.29) is 37.3 Å². The van der Waals surface area contributed by atoms with Crippen molar-refractivity contribution in [3.8, 4) is 11.5 Å². The maximum Gasteiger partial charge on any atom is 0.456 e. The van der Waals surface area contributed by atoms with Gasteiger partial charge in [-0.1, -0.05) is 36.4 Å². The number of para-hydroxylation sites is 2. The van der Waals surface area contributed by atoms with E-state index in [2.05, 4.69) is 0 Å². The molecule has 8 nitrogen and oxygen atoms in total. The van der Waals surface area contributed by atoms with Crippen molar-refractivity contribution in [1.29, 1.82) is 0 Å². The van der Waals surface area contributed by atoms with E-state index >= 15 is 4.39 Å². The second kappa shape index (κ2) is 9.94. The van der Waals surface area contributed by atoms with E-state index in [0.717, 1.165) is 4.90 Å². The van der Waals surface area contributed by atoms with Crippen LogP contribution in [0.25, 0.3) is 0 Å². The molecule has 2 aromatic rings. The summed E-state index contributed by atoms with van der Waals surface area (Å²) in [5.41, 5.74) is 11.0. The first-order valence-corrected chi connectivity index (χ1v) is 11.5. The summed E-state index contributed by atoms with van der Waals surface area (Å²) >= 11 is 0. The van der Waals surface area contributed by atoms with Gasteiger partial charge in [-0.2, -0.15) is 0 Å². The predicted molar refractivity (Wildman–Crippen MR) is 113 cm³/mol. The standard InChI is InChI=1S/C21H25FN3O5P/c22-17-13-14-25(20(27)18(23)11-12-19(24)26)21(17)31(28,29-15-7-3-1-4-8-15)30-16-9-5-2-6-10-16/h1-10,17-18,21H,11-14,23H2,(H2,24,26)/t17-,18?,21+/m1/s1. The lowest BCUT2D eigenvalue weighted by Gasteiger charge is -2.32. The molecule has 0 radical (unpaired) electrons. The molecule has 1 unspecified atom stereocenters. The topological polar surface area (TPSA) is 125 Å². The Bertz CT molecular complexity index is 901. The number of carbonyl (C=O) groups excluding carboxylic acids is 2. The first kappa shape index (κ1) is 22.8. The number of nitrogens with two attached hydrogens (primary N) is 2. The molecular formula is C21H25FN3O5P. The Morgan fingerprint density at radius 2 is 1.58 bits per heavy atom. The summed E-state index contributed by atoms with van der Waals surface area (Å²) in [5.74, 6) is -2.30. The maximum absolute atomic E-state index is 15.0. The zero-order valence-electron chi connectivity index (χ0n) is 16.8. The highest BCUT2D eigenvalue weighted by Gasteiger charge is 2.54. The van der Waals surface area contributed by atoms with Gasteiger partial charge in [0.05, 0.1) is 6.04 Å². The van der Waals surface area contributed by atoms with Crippen molar-refractivity contribution in [3.05, 3.63) is 60.7 Å². The van der Waals surface area contributed by atoms with Crippen LogP contribution >= 0.6 is 7.60 Å². The van der Waals surface area contributed by atoms with Gasteiger partial charge < -0.3 is 25.4 Å². The molecule has 10 heteroatoms. The van der Waals surface area contributed by atoms with Crippen molar-refractivity contribution in [2.75, 3.05) is 6.54 Å². The maximum atomic E-state index is 15.0. The predicted octanol–water partition coefficient (Wildman–Crippen LogP) is 2.83. The summed E-state index contributed by atoms with van der Waals surface area (Å²) in [6.07, 6.45) is -1.79. The molecule has 31 heavy (non-hydrogen) atoms. The molecule has 0 aliphatic carbocycles. The Kier molecular flexibility index (Phi) is 7.30. The summed E-state index contributed by atoms with van der Waals surface area (Å²) < 4.78 is 40.4. The van der Waals surface area contributed by atoms with Crippen molar-refractivity contribution in [1.82, 2.24) is 4.90 Å². The van der Waals surface area contributed by atoms with Crippen LogP contribution in [0.5, 0.6) is 11.5 Å². The number of likely N-dealkylation sites (tertiary alicyclic amines) is 1. The molecule has 1 fully saturated rings. The molecule has 166 valence electrons. The summed E-state index contributed by atoms with van der Waals surface area (Å²) in [4.78, 5) is 25.0.